The van der Waals surface area contributed by atoms with Crippen molar-refractivity contribution in [2.24, 2.45) is 11.1 Å². The van der Waals surface area contributed by atoms with Gasteiger partial charge in [-0.3, -0.25) is 0 Å². The molecule has 0 bridgehead atoms. The van der Waals surface area contributed by atoms with Crippen LogP contribution in [-0.4, -0.2) is 12.2 Å². The van der Waals surface area contributed by atoms with Crippen LogP contribution in [-0.2, 0) is 4.74 Å². The van der Waals surface area contributed by atoms with E-state index < -0.39 is 0 Å². The molecule has 1 aliphatic heterocycles. The van der Waals surface area contributed by atoms with Gasteiger partial charge >= 0.3 is 0 Å². The fourth-order valence-corrected chi connectivity index (χ4v) is 1.43. The van der Waals surface area contributed by atoms with Gasteiger partial charge in [0.15, 0.2) is 0 Å². The van der Waals surface area contributed by atoms with E-state index in [9.17, 15) is 0 Å². The van der Waals surface area contributed by atoms with Gasteiger partial charge in [-0.05, 0) is 37.5 Å². The minimum Gasteiger partial charge on any atom is -0.405 e. The standard InChI is InChI=1S/C10H19NO/c1-9(2)4-5-10(3,6-7-11)12-8-9/h6-7H,4-5,8,11H2,1-3H3/b7-6+. The molecular formula is C10H19NO. The Balaban J connectivity index is 2.55. The zero-order valence-corrected chi connectivity index (χ0v) is 8.26. The Labute approximate surface area is 74.8 Å². The minimum absolute atomic E-state index is 0.121. The second kappa shape index (κ2) is 3.09. The van der Waals surface area contributed by atoms with Crippen molar-refractivity contribution in [3.8, 4) is 0 Å². The van der Waals surface area contributed by atoms with Crippen LogP contribution in [0.15, 0.2) is 12.3 Å². The molecule has 12 heavy (non-hydrogen) atoms. The van der Waals surface area contributed by atoms with Gasteiger partial charge in [-0.25, -0.2) is 0 Å². The minimum atomic E-state index is -0.121. The highest BCUT2D eigenvalue weighted by Gasteiger charge is 2.33. The normalized spacial score (nSPS) is 35.6. The smallest absolute Gasteiger partial charge is 0.0851 e. The lowest BCUT2D eigenvalue weighted by Gasteiger charge is -2.39. The largest absolute Gasteiger partial charge is 0.405 e. The molecule has 0 aromatic rings. The molecule has 1 saturated heterocycles. The van der Waals surface area contributed by atoms with Crippen molar-refractivity contribution >= 4 is 0 Å². The summed E-state index contributed by atoms with van der Waals surface area (Å²) >= 11 is 0. The Morgan fingerprint density at radius 1 is 1.25 bits per heavy atom. The van der Waals surface area contributed by atoms with Crippen LogP contribution in [0.3, 0.4) is 0 Å². The van der Waals surface area contributed by atoms with Crippen LogP contribution in [0, 0.1) is 5.41 Å². The topological polar surface area (TPSA) is 35.2 Å². The van der Waals surface area contributed by atoms with Crippen molar-refractivity contribution < 1.29 is 4.74 Å². The maximum absolute atomic E-state index is 5.75. The molecule has 1 unspecified atom stereocenters. The van der Waals surface area contributed by atoms with E-state index in [0.717, 1.165) is 13.0 Å². The van der Waals surface area contributed by atoms with Gasteiger partial charge in [-0.1, -0.05) is 13.8 Å². The number of hydrogen-bond acceptors (Lipinski definition) is 2. The first-order chi connectivity index (χ1) is 5.47. The molecule has 0 aliphatic carbocycles. The van der Waals surface area contributed by atoms with Crippen LogP contribution in [0.4, 0.5) is 0 Å². The Bertz CT molecular complexity index is 174. The molecule has 0 aromatic carbocycles. The van der Waals surface area contributed by atoms with Gasteiger partial charge in [0.05, 0.1) is 12.2 Å². The summed E-state index contributed by atoms with van der Waals surface area (Å²) in [5, 5.41) is 0. The molecule has 0 saturated carbocycles. The molecule has 0 spiro atoms. The Hall–Kier alpha value is -0.500. The zero-order valence-electron chi connectivity index (χ0n) is 8.26. The first-order valence-electron chi connectivity index (χ1n) is 4.51. The van der Waals surface area contributed by atoms with Gasteiger partial charge in [0.2, 0.25) is 0 Å². The molecule has 1 atom stereocenters. The Morgan fingerprint density at radius 2 is 1.92 bits per heavy atom. The maximum Gasteiger partial charge on any atom is 0.0851 e. The molecule has 1 fully saturated rings. The van der Waals surface area contributed by atoms with E-state index in [0.29, 0.717) is 5.41 Å². The molecule has 70 valence electrons. The Kier molecular flexibility index (Phi) is 2.47. The van der Waals surface area contributed by atoms with Gasteiger partial charge in [0.25, 0.3) is 0 Å². The van der Waals surface area contributed by atoms with Crippen molar-refractivity contribution in [2.45, 2.75) is 39.2 Å². The molecular weight excluding hydrogens is 150 g/mol. The molecule has 1 aliphatic rings. The summed E-state index contributed by atoms with van der Waals surface area (Å²) in [4.78, 5) is 0. The fraction of sp³-hybridized carbons (Fsp3) is 0.800. The predicted octanol–water partition coefficient (Wildman–Crippen LogP) is 2.05. The summed E-state index contributed by atoms with van der Waals surface area (Å²) in [6.07, 6.45) is 5.79. The SMILES string of the molecule is CC1(C)CCC(C)(/C=C/N)OC1. The van der Waals surface area contributed by atoms with Gasteiger partial charge in [0.1, 0.15) is 0 Å². The van der Waals surface area contributed by atoms with Gasteiger partial charge in [-0.15, -0.1) is 0 Å². The highest BCUT2D eigenvalue weighted by molar-refractivity contribution is 5.00. The molecule has 0 amide bonds. The average molecular weight is 169 g/mol. The second-order valence-corrected chi connectivity index (χ2v) is 4.62. The summed E-state index contributed by atoms with van der Waals surface area (Å²) < 4.78 is 5.75. The summed E-state index contributed by atoms with van der Waals surface area (Å²) in [5.74, 6) is 0. The predicted molar refractivity (Wildman–Crippen MR) is 50.7 cm³/mol. The maximum atomic E-state index is 5.75. The number of ether oxygens (including phenoxy) is 1. The second-order valence-electron chi connectivity index (χ2n) is 4.62. The monoisotopic (exact) mass is 169 g/mol. The van der Waals surface area contributed by atoms with E-state index in [1.54, 1.807) is 6.20 Å². The van der Waals surface area contributed by atoms with Crippen LogP contribution in [0.1, 0.15) is 33.6 Å². The Morgan fingerprint density at radius 3 is 2.33 bits per heavy atom. The fourth-order valence-electron chi connectivity index (χ4n) is 1.43. The molecule has 1 rings (SSSR count). The molecule has 0 radical (unpaired) electrons. The summed E-state index contributed by atoms with van der Waals surface area (Å²) in [6.45, 7) is 7.39. The van der Waals surface area contributed by atoms with E-state index in [-0.39, 0.29) is 5.60 Å². The molecule has 2 N–H and O–H groups in total. The highest BCUT2D eigenvalue weighted by atomic mass is 16.5. The van der Waals surface area contributed by atoms with E-state index in [1.807, 2.05) is 6.08 Å². The first kappa shape index (κ1) is 9.59. The average Bonchev–Trinajstić information content (AvgIpc) is 1.98. The van der Waals surface area contributed by atoms with E-state index in [1.165, 1.54) is 6.42 Å². The van der Waals surface area contributed by atoms with E-state index >= 15 is 0 Å². The van der Waals surface area contributed by atoms with E-state index in [2.05, 4.69) is 20.8 Å². The summed E-state index contributed by atoms with van der Waals surface area (Å²) in [7, 11) is 0. The number of rotatable bonds is 1. The van der Waals surface area contributed by atoms with Crippen LogP contribution in [0.5, 0.6) is 0 Å². The lowest BCUT2D eigenvalue weighted by atomic mass is 9.81. The highest BCUT2D eigenvalue weighted by Crippen LogP contribution is 2.35. The summed E-state index contributed by atoms with van der Waals surface area (Å²) in [5.41, 5.74) is 5.57. The lowest BCUT2D eigenvalue weighted by Crippen LogP contribution is -2.38. The van der Waals surface area contributed by atoms with Crippen molar-refractivity contribution in [3.05, 3.63) is 12.3 Å². The molecule has 0 aromatic heterocycles. The van der Waals surface area contributed by atoms with Crippen molar-refractivity contribution in [1.82, 2.24) is 0 Å². The van der Waals surface area contributed by atoms with Crippen LogP contribution >= 0.6 is 0 Å². The lowest BCUT2D eigenvalue weighted by molar-refractivity contribution is -0.0849. The van der Waals surface area contributed by atoms with Crippen molar-refractivity contribution in [1.29, 1.82) is 0 Å². The van der Waals surface area contributed by atoms with Crippen molar-refractivity contribution in [3.63, 3.8) is 0 Å². The number of hydrogen-bond donors (Lipinski definition) is 1. The van der Waals surface area contributed by atoms with Crippen molar-refractivity contribution in [2.75, 3.05) is 6.61 Å². The third-order valence-electron chi connectivity index (χ3n) is 2.54. The third kappa shape index (κ3) is 2.24. The van der Waals surface area contributed by atoms with Crippen LogP contribution in [0.2, 0.25) is 0 Å². The van der Waals surface area contributed by atoms with Gasteiger partial charge < -0.3 is 10.5 Å². The molecule has 1 heterocycles. The zero-order chi connectivity index (χ0) is 9.24. The quantitative estimate of drug-likeness (QED) is 0.652. The van der Waals surface area contributed by atoms with Crippen LogP contribution < -0.4 is 5.73 Å². The third-order valence-corrected chi connectivity index (χ3v) is 2.54. The summed E-state index contributed by atoms with van der Waals surface area (Å²) in [6, 6.07) is 0. The van der Waals surface area contributed by atoms with Gasteiger partial charge in [-0.2, -0.15) is 0 Å². The molecule has 2 nitrogen and oxygen atoms in total. The van der Waals surface area contributed by atoms with Crippen LogP contribution in [0.25, 0.3) is 0 Å². The first-order valence-corrected chi connectivity index (χ1v) is 4.51. The molecule has 2 heteroatoms. The number of nitrogens with two attached hydrogens (primary N) is 1. The van der Waals surface area contributed by atoms with E-state index in [4.69, 9.17) is 10.5 Å². The van der Waals surface area contributed by atoms with Gasteiger partial charge in [0, 0.05) is 0 Å².